The van der Waals surface area contributed by atoms with Gasteiger partial charge in [-0.1, -0.05) is 60.7 Å². The molecule has 22 heavy (non-hydrogen) atoms. The molecule has 0 fully saturated rings. The lowest BCUT2D eigenvalue weighted by molar-refractivity contribution is 1.10. The molecule has 0 unspecified atom stereocenters. The van der Waals surface area contributed by atoms with E-state index < -0.39 is 6.00 Å². The smallest absolute Gasteiger partial charge is 0.214 e. The second-order valence-corrected chi connectivity index (χ2v) is 12.8. The molecule has 0 radical (unpaired) electrons. The molecular weight excluding hydrogens is 357 g/mol. The third kappa shape index (κ3) is 3.47. The number of benzene rings is 2. The van der Waals surface area contributed by atoms with Crippen LogP contribution in [-0.2, 0) is 0 Å². The first kappa shape index (κ1) is 15.4. The van der Waals surface area contributed by atoms with Crippen LogP contribution in [0.15, 0.2) is 60.7 Å². The van der Waals surface area contributed by atoms with Crippen LogP contribution in [0.3, 0.4) is 0 Å². The molecule has 0 bridgehead atoms. The summed E-state index contributed by atoms with van der Waals surface area (Å²) in [6.45, 7) is 0. The molecule has 3 nitrogen and oxygen atoms in total. The van der Waals surface area contributed by atoms with Crippen LogP contribution in [0.25, 0.3) is 22.8 Å². The van der Waals surface area contributed by atoms with Gasteiger partial charge in [0.2, 0.25) is 0 Å². The van der Waals surface area contributed by atoms with Crippen LogP contribution in [0, 0.1) is 0 Å². The summed E-state index contributed by atoms with van der Waals surface area (Å²) >= 11 is 18.3. The minimum atomic E-state index is -3.21. The largest absolute Gasteiger partial charge is 0.411 e. The van der Waals surface area contributed by atoms with Gasteiger partial charge in [0, 0.05) is 11.1 Å². The third-order valence-corrected chi connectivity index (χ3v) is 5.20. The van der Waals surface area contributed by atoms with Crippen LogP contribution in [0.2, 0.25) is 0 Å². The maximum absolute atomic E-state index is 6.09. The van der Waals surface area contributed by atoms with E-state index in [2.05, 4.69) is 15.0 Å². The van der Waals surface area contributed by atoms with E-state index in [-0.39, 0.29) is 5.45 Å². The molecular formula is C15H10Cl3N3Si. The molecule has 1 aromatic heterocycles. The summed E-state index contributed by atoms with van der Waals surface area (Å²) in [6.07, 6.45) is 0. The normalized spacial score (nSPS) is 11.4. The Morgan fingerprint density at radius 1 is 0.591 bits per heavy atom. The monoisotopic (exact) mass is 365 g/mol. The van der Waals surface area contributed by atoms with E-state index in [0.717, 1.165) is 11.1 Å². The van der Waals surface area contributed by atoms with Crippen molar-refractivity contribution >= 4 is 44.7 Å². The van der Waals surface area contributed by atoms with Crippen molar-refractivity contribution in [2.75, 3.05) is 0 Å². The van der Waals surface area contributed by atoms with Crippen LogP contribution in [0.5, 0.6) is 0 Å². The average molecular weight is 367 g/mol. The molecule has 0 N–H and O–H groups in total. The topological polar surface area (TPSA) is 38.7 Å². The first-order chi connectivity index (χ1) is 10.5. The molecule has 0 aliphatic heterocycles. The zero-order chi connectivity index (χ0) is 15.6. The van der Waals surface area contributed by atoms with Gasteiger partial charge in [0.05, 0.1) is 0 Å². The third-order valence-electron chi connectivity index (χ3n) is 2.95. The second kappa shape index (κ2) is 6.34. The molecule has 3 aromatic rings. The minimum absolute atomic E-state index is 0.241. The summed E-state index contributed by atoms with van der Waals surface area (Å²) in [4.78, 5) is 13.2. The maximum atomic E-state index is 6.09. The Labute approximate surface area is 143 Å². The van der Waals surface area contributed by atoms with Crippen molar-refractivity contribution in [2.24, 2.45) is 0 Å². The Morgan fingerprint density at radius 3 is 1.36 bits per heavy atom. The minimum Gasteiger partial charge on any atom is -0.214 e. The summed E-state index contributed by atoms with van der Waals surface area (Å²) < 4.78 is 0. The van der Waals surface area contributed by atoms with Crippen molar-refractivity contribution in [3.8, 4) is 22.8 Å². The van der Waals surface area contributed by atoms with Crippen molar-refractivity contribution in [3.63, 3.8) is 0 Å². The predicted molar refractivity (Wildman–Crippen MR) is 93.6 cm³/mol. The van der Waals surface area contributed by atoms with Crippen LogP contribution >= 0.6 is 33.2 Å². The highest BCUT2D eigenvalue weighted by Crippen LogP contribution is 2.22. The fourth-order valence-corrected chi connectivity index (χ4v) is 3.16. The fraction of sp³-hybridized carbons (Fsp3) is 0. The number of aromatic nitrogens is 3. The van der Waals surface area contributed by atoms with Gasteiger partial charge in [0.25, 0.3) is 0 Å². The van der Waals surface area contributed by atoms with Gasteiger partial charge < -0.3 is 0 Å². The van der Waals surface area contributed by atoms with E-state index in [9.17, 15) is 0 Å². The highest BCUT2D eigenvalue weighted by atomic mass is 35.8. The maximum Gasteiger partial charge on any atom is 0.411 e. The molecule has 110 valence electrons. The zero-order valence-electron chi connectivity index (χ0n) is 11.2. The first-order valence-electron chi connectivity index (χ1n) is 6.48. The number of halogens is 3. The molecule has 0 aliphatic carbocycles. The molecule has 0 atom stereocenters. The summed E-state index contributed by atoms with van der Waals surface area (Å²) in [6, 6.07) is 15.9. The summed E-state index contributed by atoms with van der Waals surface area (Å²) in [5.41, 5.74) is 1.95. The zero-order valence-corrected chi connectivity index (χ0v) is 14.5. The lowest BCUT2D eigenvalue weighted by Gasteiger charge is -2.10. The Kier molecular flexibility index (Phi) is 4.45. The number of rotatable bonds is 3. The summed E-state index contributed by atoms with van der Waals surface area (Å²) in [5, 5.41) is 0. The van der Waals surface area contributed by atoms with Crippen molar-refractivity contribution in [3.05, 3.63) is 60.7 Å². The number of nitrogens with zero attached hydrogens (tertiary/aromatic N) is 3. The lowest BCUT2D eigenvalue weighted by atomic mass is 10.2. The van der Waals surface area contributed by atoms with Gasteiger partial charge in [0.15, 0.2) is 17.1 Å². The molecule has 7 heteroatoms. The van der Waals surface area contributed by atoms with Crippen LogP contribution in [0.1, 0.15) is 0 Å². The summed E-state index contributed by atoms with van der Waals surface area (Å²) in [7, 11) is 0. The highest BCUT2D eigenvalue weighted by Gasteiger charge is 2.33. The van der Waals surface area contributed by atoms with Crippen molar-refractivity contribution in [2.45, 2.75) is 0 Å². The van der Waals surface area contributed by atoms with Gasteiger partial charge in [-0.15, -0.1) is 33.2 Å². The Balaban J connectivity index is 2.19. The Morgan fingerprint density at radius 2 is 1.00 bits per heavy atom. The van der Waals surface area contributed by atoms with Crippen LogP contribution in [0.4, 0.5) is 0 Å². The fourth-order valence-electron chi connectivity index (χ4n) is 1.94. The van der Waals surface area contributed by atoms with E-state index in [4.69, 9.17) is 33.2 Å². The molecule has 0 spiro atoms. The van der Waals surface area contributed by atoms with E-state index in [1.165, 1.54) is 0 Å². The molecule has 0 amide bonds. The first-order valence-corrected chi connectivity index (χ1v) is 11.5. The van der Waals surface area contributed by atoms with Crippen molar-refractivity contribution in [1.29, 1.82) is 0 Å². The molecule has 3 rings (SSSR count). The van der Waals surface area contributed by atoms with Crippen molar-refractivity contribution in [1.82, 2.24) is 15.0 Å². The van der Waals surface area contributed by atoms with Gasteiger partial charge >= 0.3 is 6.00 Å². The average Bonchev–Trinajstić information content (AvgIpc) is 2.55. The second-order valence-electron chi connectivity index (χ2n) is 4.54. The molecule has 2 aromatic carbocycles. The molecule has 0 saturated heterocycles. The van der Waals surface area contributed by atoms with E-state index in [1.54, 1.807) is 0 Å². The predicted octanol–water partition coefficient (Wildman–Crippen LogP) is 4.07. The van der Waals surface area contributed by atoms with Gasteiger partial charge in [-0.05, 0) is 0 Å². The Bertz CT molecular complexity index is 719. The number of hydrogen-bond acceptors (Lipinski definition) is 3. The summed E-state index contributed by atoms with van der Waals surface area (Å²) in [5.74, 6) is 1.01. The van der Waals surface area contributed by atoms with Crippen molar-refractivity contribution < 1.29 is 0 Å². The standard InChI is InChI=1S/C15H10Cl3N3Si/c16-22(17,18)15-20-13(11-7-3-1-4-8-11)19-14(21-15)12-9-5-2-6-10-12/h1-10H. The SMILES string of the molecule is Cl[Si](Cl)(Cl)c1nc(-c2ccccc2)nc(-c2ccccc2)n1. The molecule has 1 heterocycles. The van der Waals surface area contributed by atoms with Gasteiger partial charge in [-0.2, -0.15) is 0 Å². The quantitative estimate of drug-likeness (QED) is 0.518. The highest BCUT2D eigenvalue weighted by molar-refractivity contribution is 7.69. The van der Waals surface area contributed by atoms with Gasteiger partial charge in [-0.25, -0.2) is 15.0 Å². The number of hydrogen-bond donors (Lipinski definition) is 0. The molecule has 0 saturated carbocycles. The van der Waals surface area contributed by atoms with Gasteiger partial charge in [-0.3, -0.25) is 0 Å². The van der Waals surface area contributed by atoms with Crippen LogP contribution < -0.4 is 5.45 Å². The Hall–Kier alpha value is -1.46. The van der Waals surface area contributed by atoms with Gasteiger partial charge in [0.1, 0.15) is 0 Å². The van der Waals surface area contributed by atoms with E-state index in [1.807, 2.05) is 60.7 Å². The van der Waals surface area contributed by atoms with E-state index in [0.29, 0.717) is 11.6 Å². The molecule has 0 aliphatic rings. The van der Waals surface area contributed by atoms with Crippen LogP contribution in [-0.4, -0.2) is 21.0 Å². The lowest BCUT2D eigenvalue weighted by Crippen LogP contribution is -2.37. The van der Waals surface area contributed by atoms with E-state index >= 15 is 0 Å².